The number of ether oxygens (including phenoxy) is 2. The number of hydrogen-bond donors (Lipinski definition) is 1. The van der Waals surface area contributed by atoms with Gasteiger partial charge in [-0.25, -0.2) is 0 Å². The third-order valence-corrected chi connectivity index (χ3v) is 4.14. The van der Waals surface area contributed by atoms with E-state index in [1.54, 1.807) is 24.3 Å². The summed E-state index contributed by atoms with van der Waals surface area (Å²) in [6, 6.07) is 12.7. The molecule has 1 N–H and O–H groups in total. The van der Waals surface area contributed by atoms with Gasteiger partial charge in [0.25, 0.3) is 5.91 Å². The predicted octanol–water partition coefficient (Wildman–Crippen LogP) is 3.78. The lowest BCUT2D eigenvalue weighted by atomic mass is 9.93. The Morgan fingerprint density at radius 3 is 2.52 bits per heavy atom. The van der Waals surface area contributed by atoms with E-state index in [4.69, 9.17) is 21.1 Å². The molecular weight excluding hydrogens is 314 g/mol. The molecule has 0 radical (unpaired) electrons. The maximum atomic E-state index is 12.5. The molecular formula is C18H18ClNO3. The van der Waals surface area contributed by atoms with E-state index in [-0.39, 0.29) is 5.91 Å². The summed E-state index contributed by atoms with van der Waals surface area (Å²) in [4.78, 5) is 12.5. The van der Waals surface area contributed by atoms with Crippen LogP contribution in [0.4, 0.5) is 0 Å². The van der Waals surface area contributed by atoms with Crippen molar-refractivity contribution in [1.29, 1.82) is 0 Å². The van der Waals surface area contributed by atoms with Crippen LogP contribution in [0.2, 0.25) is 5.02 Å². The molecule has 120 valence electrons. The molecule has 0 spiro atoms. The predicted molar refractivity (Wildman–Crippen MR) is 89.4 cm³/mol. The molecule has 1 amide bonds. The highest BCUT2D eigenvalue weighted by atomic mass is 35.5. The van der Waals surface area contributed by atoms with E-state index in [1.807, 2.05) is 32.0 Å². The first-order chi connectivity index (χ1) is 11.0. The molecule has 23 heavy (non-hydrogen) atoms. The normalized spacial score (nSPS) is 13.5. The van der Waals surface area contributed by atoms with Crippen LogP contribution < -0.4 is 14.8 Å². The first-order valence-corrected chi connectivity index (χ1v) is 7.82. The number of carbonyl (C=O) groups is 1. The fourth-order valence-electron chi connectivity index (χ4n) is 2.50. The monoisotopic (exact) mass is 331 g/mol. The van der Waals surface area contributed by atoms with Gasteiger partial charge in [0.1, 0.15) is 13.2 Å². The van der Waals surface area contributed by atoms with Crippen LogP contribution in [0.1, 0.15) is 29.8 Å². The summed E-state index contributed by atoms with van der Waals surface area (Å²) >= 11 is 6.09. The molecule has 3 rings (SSSR count). The van der Waals surface area contributed by atoms with E-state index >= 15 is 0 Å². The number of nitrogens with one attached hydrogen (secondary N) is 1. The molecule has 0 saturated heterocycles. The van der Waals surface area contributed by atoms with Gasteiger partial charge in [0.15, 0.2) is 11.5 Å². The molecule has 0 saturated carbocycles. The maximum absolute atomic E-state index is 12.5. The Balaban J connectivity index is 1.84. The third kappa shape index (κ3) is 3.27. The van der Waals surface area contributed by atoms with Crippen molar-refractivity contribution in [3.05, 3.63) is 58.6 Å². The molecule has 0 unspecified atom stereocenters. The minimum absolute atomic E-state index is 0.213. The van der Waals surface area contributed by atoms with Gasteiger partial charge < -0.3 is 14.8 Å². The van der Waals surface area contributed by atoms with Crippen LogP contribution in [-0.2, 0) is 5.54 Å². The highest BCUT2D eigenvalue weighted by Crippen LogP contribution is 2.34. The van der Waals surface area contributed by atoms with Crippen molar-refractivity contribution in [3.63, 3.8) is 0 Å². The summed E-state index contributed by atoms with van der Waals surface area (Å²) in [6.45, 7) is 4.96. The van der Waals surface area contributed by atoms with Crippen molar-refractivity contribution < 1.29 is 14.3 Å². The van der Waals surface area contributed by atoms with Crippen molar-refractivity contribution in [2.24, 2.45) is 0 Å². The van der Waals surface area contributed by atoms with Crippen molar-refractivity contribution in [3.8, 4) is 11.5 Å². The molecule has 1 heterocycles. The standard InChI is InChI=1S/C18H18ClNO3/c1-18(2,20-17(21)13-5-3-4-6-14(13)19)12-7-8-15-16(11-12)23-10-9-22-15/h3-8,11H,9-10H2,1-2H3,(H,20,21). The van der Waals surface area contributed by atoms with Crippen LogP contribution in [0.25, 0.3) is 0 Å². The van der Waals surface area contributed by atoms with Gasteiger partial charge in [-0.3, -0.25) is 4.79 Å². The van der Waals surface area contributed by atoms with Crippen LogP contribution in [0.3, 0.4) is 0 Å². The summed E-state index contributed by atoms with van der Waals surface area (Å²) in [5.41, 5.74) is 0.813. The Hall–Kier alpha value is -2.20. The Kier molecular flexibility index (Phi) is 4.18. The number of hydrogen-bond acceptors (Lipinski definition) is 3. The molecule has 4 nitrogen and oxygen atoms in total. The van der Waals surface area contributed by atoms with Gasteiger partial charge in [0.05, 0.1) is 16.1 Å². The number of rotatable bonds is 3. The van der Waals surface area contributed by atoms with E-state index in [0.29, 0.717) is 29.5 Å². The molecule has 0 atom stereocenters. The van der Waals surface area contributed by atoms with Crippen LogP contribution in [0.15, 0.2) is 42.5 Å². The van der Waals surface area contributed by atoms with Crippen molar-refractivity contribution in [2.45, 2.75) is 19.4 Å². The molecule has 1 aliphatic heterocycles. The van der Waals surface area contributed by atoms with Gasteiger partial charge in [0, 0.05) is 0 Å². The largest absolute Gasteiger partial charge is 0.486 e. The second-order valence-electron chi connectivity index (χ2n) is 5.92. The summed E-state index contributed by atoms with van der Waals surface area (Å²) in [5.74, 6) is 1.22. The quantitative estimate of drug-likeness (QED) is 0.931. The first kappa shape index (κ1) is 15.7. The van der Waals surface area contributed by atoms with E-state index in [9.17, 15) is 4.79 Å². The van der Waals surface area contributed by atoms with E-state index in [0.717, 1.165) is 11.3 Å². The second kappa shape index (κ2) is 6.13. The Labute approximate surface area is 140 Å². The lowest BCUT2D eigenvalue weighted by Crippen LogP contribution is -2.41. The fourth-order valence-corrected chi connectivity index (χ4v) is 2.72. The van der Waals surface area contributed by atoms with Crippen molar-refractivity contribution in [2.75, 3.05) is 13.2 Å². The number of halogens is 1. The van der Waals surface area contributed by atoms with Crippen molar-refractivity contribution >= 4 is 17.5 Å². The van der Waals surface area contributed by atoms with Gasteiger partial charge in [-0.1, -0.05) is 29.8 Å². The van der Waals surface area contributed by atoms with E-state index in [1.165, 1.54) is 0 Å². The maximum Gasteiger partial charge on any atom is 0.253 e. The summed E-state index contributed by atoms with van der Waals surface area (Å²) in [5, 5.41) is 3.45. The van der Waals surface area contributed by atoms with Gasteiger partial charge in [-0.15, -0.1) is 0 Å². The average molecular weight is 332 g/mol. The molecule has 0 fully saturated rings. The number of carbonyl (C=O) groups excluding carboxylic acids is 1. The van der Waals surface area contributed by atoms with Gasteiger partial charge >= 0.3 is 0 Å². The average Bonchev–Trinajstić information content (AvgIpc) is 2.54. The minimum atomic E-state index is -0.577. The highest BCUT2D eigenvalue weighted by Gasteiger charge is 2.26. The molecule has 0 bridgehead atoms. The Morgan fingerprint density at radius 2 is 1.78 bits per heavy atom. The Bertz CT molecular complexity index is 743. The van der Waals surface area contributed by atoms with Crippen LogP contribution >= 0.6 is 11.6 Å². The van der Waals surface area contributed by atoms with Crippen LogP contribution in [-0.4, -0.2) is 19.1 Å². The Morgan fingerprint density at radius 1 is 1.09 bits per heavy atom. The smallest absolute Gasteiger partial charge is 0.253 e. The molecule has 0 aliphatic carbocycles. The molecule has 2 aromatic carbocycles. The molecule has 1 aliphatic rings. The summed E-state index contributed by atoms with van der Waals surface area (Å²) < 4.78 is 11.1. The number of amides is 1. The van der Waals surface area contributed by atoms with Crippen LogP contribution in [0.5, 0.6) is 11.5 Å². The van der Waals surface area contributed by atoms with E-state index in [2.05, 4.69) is 5.32 Å². The number of benzene rings is 2. The topological polar surface area (TPSA) is 47.6 Å². The van der Waals surface area contributed by atoms with E-state index < -0.39 is 5.54 Å². The SMILES string of the molecule is CC(C)(NC(=O)c1ccccc1Cl)c1ccc2c(c1)OCCO2. The zero-order valence-corrected chi connectivity index (χ0v) is 13.8. The molecule has 0 aromatic heterocycles. The zero-order valence-electron chi connectivity index (χ0n) is 13.1. The lowest BCUT2D eigenvalue weighted by Gasteiger charge is -2.29. The summed E-state index contributed by atoms with van der Waals surface area (Å²) in [7, 11) is 0. The minimum Gasteiger partial charge on any atom is -0.486 e. The van der Waals surface area contributed by atoms with Crippen LogP contribution in [0, 0.1) is 0 Å². The highest BCUT2D eigenvalue weighted by molar-refractivity contribution is 6.33. The van der Waals surface area contributed by atoms with Crippen molar-refractivity contribution in [1.82, 2.24) is 5.32 Å². The second-order valence-corrected chi connectivity index (χ2v) is 6.32. The summed E-state index contributed by atoms with van der Waals surface area (Å²) in [6.07, 6.45) is 0. The fraction of sp³-hybridized carbons (Fsp3) is 0.278. The lowest BCUT2D eigenvalue weighted by molar-refractivity contribution is 0.0912. The first-order valence-electron chi connectivity index (χ1n) is 7.44. The molecule has 5 heteroatoms. The van der Waals surface area contributed by atoms with Gasteiger partial charge in [-0.2, -0.15) is 0 Å². The third-order valence-electron chi connectivity index (χ3n) is 3.81. The van der Waals surface area contributed by atoms with Gasteiger partial charge in [0.2, 0.25) is 0 Å². The van der Waals surface area contributed by atoms with Gasteiger partial charge in [-0.05, 0) is 43.7 Å². The number of fused-ring (bicyclic) bond motifs is 1. The zero-order chi connectivity index (χ0) is 16.4. The molecule has 2 aromatic rings.